The topological polar surface area (TPSA) is 12.0 Å². The number of hydrogen-bond acceptors (Lipinski definition) is 1. The highest BCUT2D eigenvalue weighted by Gasteiger charge is 2.44. The van der Waals surface area contributed by atoms with Crippen LogP contribution in [0.25, 0.3) is 21.5 Å². The van der Waals surface area contributed by atoms with E-state index in [9.17, 15) is 0 Å². The fourth-order valence-electron chi connectivity index (χ4n) is 4.42. The highest BCUT2D eigenvalue weighted by molar-refractivity contribution is 5.85. The summed E-state index contributed by atoms with van der Waals surface area (Å²) < 4.78 is 17.0. The summed E-state index contributed by atoms with van der Waals surface area (Å²) in [5.74, 6) is 0. The van der Waals surface area contributed by atoms with Crippen molar-refractivity contribution in [3.63, 3.8) is 0 Å². The largest absolute Gasteiger partial charge is 0.310 e. The zero-order valence-electron chi connectivity index (χ0n) is 15.2. The molecule has 0 unspecified atom stereocenters. The van der Waals surface area contributed by atoms with Crippen LogP contribution in [0.5, 0.6) is 0 Å². The van der Waals surface area contributed by atoms with Gasteiger partial charge in [0.05, 0.1) is 0 Å². The molecule has 27 heavy (non-hydrogen) atoms. The summed E-state index contributed by atoms with van der Waals surface area (Å²) >= 11 is 0. The minimum Gasteiger partial charge on any atom is -0.310 e. The Morgan fingerprint density at radius 1 is 0.704 bits per heavy atom. The van der Waals surface area contributed by atoms with Gasteiger partial charge in [0.25, 0.3) is 0 Å². The Labute approximate surface area is 158 Å². The monoisotopic (exact) mass is 355 g/mol. The van der Waals surface area contributed by atoms with Crippen LogP contribution in [0.3, 0.4) is 0 Å². The second-order valence-electron chi connectivity index (χ2n) is 7.48. The Hall–Kier alpha value is -2.71. The van der Waals surface area contributed by atoms with E-state index in [1.807, 2.05) is 60.7 Å². The van der Waals surface area contributed by atoms with Crippen molar-refractivity contribution in [3.8, 4) is 0 Å². The minimum absolute atomic E-state index is 0.208. The highest BCUT2D eigenvalue weighted by atomic mass is 19.1. The van der Waals surface area contributed by atoms with Crippen molar-refractivity contribution in [2.75, 3.05) is 6.54 Å². The molecule has 0 aliphatic carbocycles. The third kappa shape index (κ3) is 2.72. The molecule has 5 rings (SSSR count). The summed E-state index contributed by atoms with van der Waals surface area (Å²) in [5.41, 5.74) is -0.0864. The van der Waals surface area contributed by atoms with Gasteiger partial charge in [0.1, 0.15) is 0 Å². The number of nitrogens with one attached hydrogen (secondary N) is 1. The van der Waals surface area contributed by atoms with E-state index in [2.05, 4.69) is 29.6 Å². The van der Waals surface area contributed by atoms with Crippen LogP contribution in [-0.2, 0) is 5.67 Å². The number of rotatable bonds is 3. The molecule has 134 valence electrons. The number of halogens is 1. The van der Waals surface area contributed by atoms with Crippen molar-refractivity contribution < 1.29 is 4.39 Å². The molecule has 0 aromatic heterocycles. The Kier molecular flexibility index (Phi) is 3.95. The highest BCUT2D eigenvalue weighted by Crippen LogP contribution is 2.42. The molecule has 1 atom stereocenters. The Morgan fingerprint density at radius 2 is 1.22 bits per heavy atom. The first-order valence-corrected chi connectivity index (χ1v) is 9.66. The van der Waals surface area contributed by atoms with E-state index in [1.165, 1.54) is 0 Å². The van der Waals surface area contributed by atoms with Crippen LogP contribution in [-0.4, -0.2) is 12.6 Å². The zero-order chi connectivity index (χ0) is 18.3. The fraction of sp³-hybridized carbons (Fsp3) is 0.200. The van der Waals surface area contributed by atoms with Crippen LogP contribution in [0.15, 0.2) is 84.9 Å². The molecule has 2 heteroatoms. The molecule has 4 aromatic rings. The van der Waals surface area contributed by atoms with E-state index in [0.717, 1.165) is 52.1 Å². The van der Waals surface area contributed by atoms with E-state index in [4.69, 9.17) is 0 Å². The van der Waals surface area contributed by atoms with E-state index < -0.39 is 5.67 Å². The quantitative estimate of drug-likeness (QED) is 0.478. The lowest BCUT2D eigenvalue weighted by molar-refractivity contribution is 0.163. The summed E-state index contributed by atoms with van der Waals surface area (Å²) in [6.45, 7) is 0.873. The second-order valence-corrected chi connectivity index (χ2v) is 7.48. The number of fused-ring (bicyclic) bond motifs is 2. The maximum atomic E-state index is 17.0. The van der Waals surface area contributed by atoms with Gasteiger partial charge in [0, 0.05) is 6.04 Å². The van der Waals surface area contributed by atoms with Gasteiger partial charge in [-0.15, -0.1) is 0 Å². The van der Waals surface area contributed by atoms with Crippen molar-refractivity contribution in [2.45, 2.75) is 24.6 Å². The van der Waals surface area contributed by atoms with Gasteiger partial charge in [0.2, 0.25) is 0 Å². The van der Waals surface area contributed by atoms with E-state index >= 15 is 4.39 Å². The van der Waals surface area contributed by atoms with Gasteiger partial charge in [-0.3, -0.25) is 0 Å². The number of hydrogen-bond donors (Lipinski definition) is 1. The smallest absolute Gasteiger partial charge is 0.176 e. The maximum absolute atomic E-state index is 17.0. The predicted octanol–water partition coefficient (Wildman–Crippen LogP) is 5.96. The molecule has 0 spiro atoms. The lowest BCUT2D eigenvalue weighted by Gasteiger charge is -2.33. The molecule has 1 aliphatic rings. The third-order valence-corrected chi connectivity index (χ3v) is 5.88. The lowest BCUT2D eigenvalue weighted by Crippen LogP contribution is -2.42. The first-order valence-electron chi connectivity index (χ1n) is 9.66. The molecular weight excluding hydrogens is 333 g/mol. The summed E-state index contributed by atoms with van der Waals surface area (Å²) in [5, 5.41) is 7.85. The van der Waals surface area contributed by atoms with Crippen LogP contribution in [0.2, 0.25) is 0 Å². The van der Waals surface area contributed by atoms with Crippen molar-refractivity contribution in [1.29, 1.82) is 0 Å². The van der Waals surface area contributed by atoms with Gasteiger partial charge in [0.15, 0.2) is 5.67 Å². The maximum Gasteiger partial charge on any atom is 0.176 e. The zero-order valence-corrected chi connectivity index (χ0v) is 15.2. The summed E-state index contributed by atoms with van der Waals surface area (Å²) in [4.78, 5) is 0. The van der Waals surface area contributed by atoms with Crippen LogP contribution >= 0.6 is 0 Å². The minimum atomic E-state index is -1.55. The fourth-order valence-corrected chi connectivity index (χ4v) is 4.42. The van der Waals surface area contributed by atoms with Gasteiger partial charge >= 0.3 is 0 Å². The lowest BCUT2D eigenvalue weighted by atomic mass is 9.80. The summed E-state index contributed by atoms with van der Waals surface area (Å²) in [6.07, 6.45) is 1.85. The molecule has 1 fully saturated rings. The summed E-state index contributed by atoms with van der Waals surface area (Å²) in [6, 6.07) is 28.1. The summed E-state index contributed by atoms with van der Waals surface area (Å²) in [7, 11) is 0. The number of alkyl halides is 1. The first kappa shape index (κ1) is 16.5. The molecule has 1 heterocycles. The second kappa shape index (κ2) is 6.47. The molecule has 1 nitrogen and oxygen atoms in total. The third-order valence-electron chi connectivity index (χ3n) is 5.88. The number of benzene rings is 4. The Bertz CT molecular complexity index is 1030. The van der Waals surface area contributed by atoms with Crippen LogP contribution < -0.4 is 5.32 Å². The van der Waals surface area contributed by atoms with Crippen LogP contribution in [0.1, 0.15) is 24.0 Å². The molecule has 1 aliphatic heterocycles. The van der Waals surface area contributed by atoms with Gasteiger partial charge in [-0.1, -0.05) is 72.8 Å². The molecule has 1 N–H and O–H groups in total. The molecule has 4 aromatic carbocycles. The predicted molar refractivity (Wildman–Crippen MR) is 111 cm³/mol. The average Bonchev–Trinajstić information content (AvgIpc) is 3.28. The van der Waals surface area contributed by atoms with Crippen molar-refractivity contribution >= 4 is 21.5 Å². The standard InChI is InChI=1S/C25H22FN/c26-25(24-10-5-15-27-24,22-13-11-18-6-1-3-8-20(18)16-22)23-14-12-19-7-2-4-9-21(19)17-23/h1-4,6-9,11-14,16-17,24,27H,5,10,15H2/t24-/m0/s1. The van der Waals surface area contributed by atoms with Crippen LogP contribution in [0.4, 0.5) is 4.39 Å². The molecule has 0 amide bonds. The van der Waals surface area contributed by atoms with Gasteiger partial charge in [-0.05, 0) is 64.2 Å². The molecular formula is C25H22FN. The van der Waals surface area contributed by atoms with E-state index in [-0.39, 0.29) is 6.04 Å². The average molecular weight is 355 g/mol. The van der Waals surface area contributed by atoms with Crippen molar-refractivity contribution in [2.24, 2.45) is 0 Å². The molecule has 0 saturated carbocycles. The van der Waals surface area contributed by atoms with Crippen LogP contribution in [0, 0.1) is 0 Å². The van der Waals surface area contributed by atoms with Gasteiger partial charge in [-0.25, -0.2) is 4.39 Å². The molecule has 1 saturated heterocycles. The SMILES string of the molecule is FC(c1ccc2ccccc2c1)(c1ccc2ccccc2c1)[C@@H]1CCCN1. The molecule has 0 radical (unpaired) electrons. The van der Waals surface area contributed by atoms with Crippen molar-refractivity contribution in [1.82, 2.24) is 5.32 Å². The van der Waals surface area contributed by atoms with Gasteiger partial charge < -0.3 is 5.32 Å². The first-order chi connectivity index (χ1) is 13.2. The van der Waals surface area contributed by atoms with E-state index in [0.29, 0.717) is 0 Å². The van der Waals surface area contributed by atoms with Crippen molar-refractivity contribution in [3.05, 3.63) is 96.1 Å². The van der Waals surface area contributed by atoms with Gasteiger partial charge in [-0.2, -0.15) is 0 Å². The normalized spacial score (nSPS) is 17.6. The Balaban J connectivity index is 1.72. The van der Waals surface area contributed by atoms with E-state index in [1.54, 1.807) is 0 Å². The Morgan fingerprint density at radius 3 is 1.70 bits per heavy atom. The molecule has 0 bridgehead atoms.